The third-order valence-electron chi connectivity index (χ3n) is 0.695. The van der Waals surface area contributed by atoms with Crippen LogP contribution in [0.2, 0.25) is 0 Å². The van der Waals surface area contributed by atoms with E-state index in [0.717, 1.165) is 13.3 Å². The van der Waals surface area contributed by atoms with Crippen molar-refractivity contribution in [2.45, 2.75) is 27.2 Å². The second-order valence-corrected chi connectivity index (χ2v) is 2.41. The lowest BCUT2D eigenvalue weighted by molar-refractivity contribution is -0.134. The topological polar surface area (TPSA) is 57.2 Å². The molecule has 0 aromatic heterocycles. The highest BCUT2D eigenvalue weighted by Gasteiger charge is 1.87. The van der Waals surface area contributed by atoms with Gasteiger partial charge in [0, 0.05) is 6.92 Å². The number of carbonyl (C=O) groups is 1. The summed E-state index contributed by atoms with van der Waals surface area (Å²) in [5.41, 5.74) is 0. The predicted molar refractivity (Wildman–Crippen MR) is 38.3 cm³/mol. The fraction of sp³-hybridized carbons (Fsp3) is 0.857. The molecule has 0 bridgehead atoms. The zero-order valence-corrected chi connectivity index (χ0v) is 6.76. The molecule has 0 aromatic rings. The number of rotatable bonds is 2. The Bertz CT molecular complexity index is 74.9. The van der Waals surface area contributed by atoms with E-state index in [2.05, 4.69) is 13.8 Å². The molecule has 0 unspecified atom stereocenters. The number of hydrogen-bond donors (Lipinski definition) is 1. The average Bonchev–Trinajstić information content (AvgIpc) is 1.62. The van der Waals surface area contributed by atoms with Crippen LogP contribution in [0.1, 0.15) is 27.2 Å². The lowest BCUT2D eigenvalue weighted by Crippen LogP contribution is -1.88. The Kier molecular flexibility index (Phi) is 10.2. The first-order chi connectivity index (χ1) is 4.50. The van der Waals surface area contributed by atoms with Crippen LogP contribution in [0.5, 0.6) is 0 Å². The summed E-state index contributed by atoms with van der Waals surface area (Å²) in [6, 6.07) is 0. The first-order valence-corrected chi connectivity index (χ1v) is 3.28. The summed E-state index contributed by atoms with van der Waals surface area (Å²) in [6.07, 6.45) is 0.819. The highest BCUT2D eigenvalue weighted by Crippen LogP contribution is 1.95. The quantitative estimate of drug-likeness (QED) is 0.644. The molecule has 0 aromatic carbocycles. The molecule has 3 nitrogen and oxygen atoms in total. The number of hydrogen-bond acceptors (Lipinski definition) is 1. The Hall–Kier alpha value is -0.570. The molecule has 0 aliphatic carbocycles. The van der Waals surface area contributed by atoms with E-state index in [-0.39, 0.29) is 6.61 Å². The Morgan fingerprint density at radius 2 is 1.80 bits per heavy atom. The predicted octanol–water partition coefficient (Wildman–Crippen LogP) is 1.55. The highest BCUT2D eigenvalue weighted by molar-refractivity contribution is 5.62. The number of aliphatic carboxylic acids is 1. The largest absolute Gasteiger partial charge is 0.481 e. The van der Waals surface area contributed by atoms with E-state index < -0.39 is 5.97 Å². The van der Waals surface area contributed by atoms with E-state index in [1.165, 1.54) is 0 Å². The van der Waals surface area contributed by atoms with Crippen molar-refractivity contribution in [2.24, 2.45) is 5.92 Å². The maximum absolute atomic E-state index is 9.74. The summed E-state index contributed by atoms with van der Waals surface area (Å²) in [7, 11) is 0. The second kappa shape index (κ2) is 8.43. The van der Waals surface area contributed by atoms with Crippen molar-refractivity contribution in [2.75, 3.05) is 6.61 Å². The van der Waals surface area contributed by atoms with Crippen LogP contribution < -0.4 is 0 Å². The molecule has 0 fully saturated rings. The molecule has 0 atom stereocenters. The molecule has 0 aliphatic rings. The van der Waals surface area contributed by atoms with Gasteiger partial charge in [-0.3, -0.25) is 4.79 Å². The van der Waals surface area contributed by atoms with Crippen molar-refractivity contribution >= 4 is 5.97 Å². The van der Waals surface area contributed by atoms with Gasteiger partial charge in [-0.1, -0.05) is 13.8 Å². The van der Waals surface area contributed by atoms with Gasteiger partial charge in [0.1, 0.15) is 0 Å². The van der Waals surface area contributed by atoms with Gasteiger partial charge in [-0.15, -0.1) is 0 Å². The lowest BCUT2D eigenvalue weighted by atomic mass is 10.2. The van der Waals surface area contributed by atoms with E-state index in [4.69, 9.17) is 9.90 Å². The van der Waals surface area contributed by atoms with Crippen LogP contribution in [-0.2, 0) is 9.90 Å². The van der Waals surface area contributed by atoms with E-state index >= 15 is 0 Å². The maximum Gasteiger partial charge on any atom is 0.300 e. The fourth-order valence-corrected chi connectivity index (χ4v) is 0.236. The van der Waals surface area contributed by atoms with Crippen LogP contribution in [0.15, 0.2) is 0 Å². The first kappa shape index (κ1) is 12.1. The van der Waals surface area contributed by atoms with Crippen LogP contribution in [-0.4, -0.2) is 17.7 Å². The summed E-state index contributed by atoms with van der Waals surface area (Å²) in [4.78, 5) is 9.00. The minimum Gasteiger partial charge on any atom is -0.481 e. The fourth-order valence-electron chi connectivity index (χ4n) is 0.236. The van der Waals surface area contributed by atoms with Gasteiger partial charge in [0.2, 0.25) is 0 Å². The molecule has 0 saturated heterocycles. The van der Waals surface area contributed by atoms with E-state index in [0.29, 0.717) is 5.92 Å². The highest BCUT2D eigenvalue weighted by atomic mass is 16.4. The molecule has 1 radical (unpaired) electrons. The van der Waals surface area contributed by atoms with Crippen LogP contribution in [0.4, 0.5) is 0 Å². The van der Waals surface area contributed by atoms with E-state index in [9.17, 15) is 5.11 Å². The molecule has 3 heteroatoms. The van der Waals surface area contributed by atoms with Gasteiger partial charge in [0.15, 0.2) is 0 Å². The zero-order chi connectivity index (χ0) is 8.57. The zero-order valence-electron chi connectivity index (χ0n) is 6.76. The van der Waals surface area contributed by atoms with Gasteiger partial charge in [-0.05, 0) is 12.3 Å². The standard InChI is InChI=1S/C5H11O.C2H4O2/c1-5(2)3-4-6;1-2(3)4/h5H,3-4H2,1-2H3;1H3,(H,3,4). The summed E-state index contributed by atoms with van der Waals surface area (Å²) in [6.45, 7) is 5.27. The Labute approximate surface area is 61.7 Å². The summed E-state index contributed by atoms with van der Waals surface area (Å²) in [5, 5.41) is 17.2. The van der Waals surface area contributed by atoms with Gasteiger partial charge in [0.25, 0.3) is 5.97 Å². The third-order valence-corrected chi connectivity index (χ3v) is 0.695. The van der Waals surface area contributed by atoms with Gasteiger partial charge in [-0.25, -0.2) is 5.11 Å². The van der Waals surface area contributed by atoms with Crippen molar-refractivity contribution in [1.29, 1.82) is 0 Å². The molecule has 61 valence electrons. The van der Waals surface area contributed by atoms with Crippen molar-refractivity contribution in [3.63, 3.8) is 0 Å². The van der Waals surface area contributed by atoms with Crippen LogP contribution in [0.25, 0.3) is 0 Å². The van der Waals surface area contributed by atoms with Crippen molar-refractivity contribution in [3.8, 4) is 0 Å². The Morgan fingerprint density at radius 3 is 1.80 bits per heavy atom. The second-order valence-electron chi connectivity index (χ2n) is 2.41. The summed E-state index contributed by atoms with van der Waals surface area (Å²) < 4.78 is 0. The van der Waals surface area contributed by atoms with Gasteiger partial charge < -0.3 is 5.11 Å². The molecule has 0 amide bonds. The molecular formula is C7H15O3. The molecule has 10 heavy (non-hydrogen) atoms. The van der Waals surface area contributed by atoms with Crippen LogP contribution in [0.3, 0.4) is 0 Å². The van der Waals surface area contributed by atoms with Crippen molar-refractivity contribution in [1.82, 2.24) is 0 Å². The van der Waals surface area contributed by atoms with Crippen molar-refractivity contribution < 1.29 is 15.0 Å². The summed E-state index contributed by atoms with van der Waals surface area (Å²) >= 11 is 0. The Morgan fingerprint density at radius 1 is 1.50 bits per heavy atom. The average molecular weight is 147 g/mol. The Balaban J connectivity index is 0. The van der Waals surface area contributed by atoms with Gasteiger partial charge in [0.05, 0.1) is 6.61 Å². The molecule has 0 heterocycles. The minimum absolute atomic E-state index is 0.0810. The molecular weight excluding hydrogens is 132 g/mol. The number of carboxylic acid groups (broad SMARTS) is 1. The normalized spacial score (nSPS) is 8.50. The van der Waals surface area contributed by atoms with Crippen LogP contribution in [0, 0.1) is 5.92 Å². The maximum atomic E-state index is 9.74. The third kappa shape index (κ3) is 52.0. The molecule has 0 rings (SSSR count). The molecule has 0 saturated carbocycles. The van der Waals surface area contributed by atoms with E-state index in [1.807, 2.05) is 0 Å². The summed E-state index contributed by atoms with van der Waals surface area (Å²) in [5.74, 6) is -0.248. The van der Waals surface area contributed by atoms with Gasteiger partial charge >= 0.3 is 0 Å². The van der Waals surface area contributed by atoms with Crippen LogP contribution >= 0.6 is 0 Å². The van der Waals surface area contributed by atoms with Crippen molar-refractivity contribution in [3.05, 3.63) is 0 Å². The number of carboxylic acids is 1. The van der Waals surface area contributed by atoms with E-state index in [1.54, 1.807) is 0 Å². The first-order valence-electron chi connectivity index (χ1n) is 3.28. The minimum atomic E-state index is -0.833. The lowest BCUT2D eigenvalue weighted by Gasteiger charge is -1.94. The molecule has 0 aliphatic heterocycles. The SMILES string of the molecule is CC(=O)O.CC(C)CC[O]. The smallest absolute Gasteiger partial charge is 0.300 e. The molecule has 0 spiro atoms. The van der Waals surface area contributed by atoms with Gasteiger partial charge in [-0.2, -0.15) is 0 Å². The molecule has 1 N–H and O–H groups in total. The monoisotopic (exact) mass is 147 g/mol.